The fourth-order valence-electron chi connectivity index (χ4n) is 2.75. The van der Waals surface area contributed by atoms with Crippen molar-refractivity contribution in [1.29, 1.82) is 0 Å². The number of piperidine rings is 1. The van der Waals surface area contributed by atoms with E-state index in [0.29, 0.717) is 5.92 Å². The molecule has 0 aliphatic carbocycles. The van der Waals surface area contributed by atoms with Crippen LogP contribution in [0.4, 0.5) is 0 Å². The topological polar surface area (TPSA) is 46.0 Å². The van der Waals surface area contributed by atoms with Crippen LogP contribution in [0.3, 0.4) is 0 Å². The first-order chi connectivity index (χ1) is 9.15. The number of aromatic nitrogens is 3. The number of hydrogen-bond acceptors (Lipinski definition) is 4. The van der Waals surface area contributed by atoms with E-state index in [1.807, 2.05) is 4.68 Å². The van der Waals surface area contributed by atoms with E-state index in [1.165, 1.54) is 25.9 Å². The average Bonchev–Trinajstić information content (AvgIpc) is 2.76. The Hall–Kier alpha value is -0.940. The molecule has 1 saturated heterocycles. The largest absolute Gasteiger partial charge is 0.310 e. The molecule has 0 saturated carbocycles. The van der Waals surface area contributed by atoms with Crippen molar-refractivity contribution in [2.45, 2.75) is 39.8 Å². The summed E-state index contributed by atoms with van der Waals surface area (Å²) in [7, 11) is 2.21. The molecule has 1 aromatic heterocycles. The number of rotatable bonds is 6. The third-order valence-electron chi connectivity index (χ3n) is 3.67. The first-order valence-electron chi connectivity index (χ1n) is 7.41. The predicted octanol–water partition coefficient (Wildman–Crippen LogP) is 1.37. The van der Waals surface area contributed by atoms with Crippen LogP contribution in [0.5, 0.6) is 0 Å². The smallest absolute Gasteiger partial charge is 0.140 e. The van der Waals surface area contributed by atoms with Gasteiger partial charge in [0.2, 0.25) is 0 Å². The predicted molar refractivity (Wildman–Crippen MR) is 76.8 cm³/mol. The third kappa shape index (κ3) is 4.58. The minimum Gasteiger partial charge on any atom is -0.310 e. The van der Waals surface area contributed by atoms with Gasteiger partial charge in [0.1, 0.15) is 12.2 Å². The van der Waals surface area contributed by atoms with E-state index in [1.54, 1.807) is 6.33 Å². The van der Waals surface area contributed by atoms with Gasteiger partial charge in [-0.05, 0) is 44.8 Å². The zero-order valence-electron chi connectivity index (χ0n) is 12.5. The molecule has 19 heavy (non-hydrogen) atoms. The van der Waals surface area contributed by atoms with Crippen molar-refractivity contribution < 1.29 is 0 Å². The third-order valence-corrected chi connectivity index (χ3v) is 3.67. The van der Waals surface area contributed by atoms with Gasteiger partial charge in [0.25, 0.3) is 0 Å². The zero-order valence-corrected chi connectivity index (χ0v) is 12.5. The van der Waals surface area contributed by atoms with Crippen molar-refractivity contribution in [3.63, 3.8) is 0 Å². The second-order valence-corrected chi connectivity index (χ2v) is 6.15. The Bertz CT molecular complexity index is 374. The second-order valence-electron chi connectivity index (χ2n) is 6.15. The molecule has 2 rings (SSSR count). The van der Waals surface area contributed by atoms with Crippen LogP contribution >= 0.6 is 0 Å². The molecule has 1 unspecified atom stereocenters. The Labute approximate surface area is 116 Å². The standard InChI is InChI=1S/C14H27N5/c1-12(2)9-19-14(16-11-17-19)8-15-7-13-5-4-6-18(3)10-13/h11-13,15H,4-10H2,1-3H3. The molecule has 0 amide bonds. The summed E-state index contributed by atoms with van der Waals surface area (Å²) in [6.45, 7) is 9.73. The first-order valence-corrected chi connectivity index (χ1v) is 7.41. The Balaban J connectivity index is 1.74. The molecule has 1 aromatic rings. The van der Waals surface area contributed by atoms with Crippen LogP contribution in [0.1, 0.15) is 32.5 Å². The van der Waals surface area contributed by atoms with Crippen LogP contribution in [0.2, 0.25) is 0 Å². The van der Waals surface area contributed by atoms with Crippen LogP contribution in [0, 0.1) is 11.8 Å². The molecule has 1 N–H and O–H groups in total. The molecular formula is C14H27N5. The summed E-state index contributed by atoms with van der Waals surface area (Å²) in [5.41, 5.74) is 0. The van der Waals surface area contributed by atoms with Gasteiger partial charge in [0.15, 0.2) is 0 Å². The molecule has 1 atom stereocenters. The molecule has 108 valence electrons. The lowest BCUT2D eigenvalue weighted by Crippen LogP contribution is -2.37. The number of likely N-dealkylation sites (tertiary alicyclic amines) is 1. The van der Waals surface area contributed by atoms with Crippen LogP contribution in [-0.4, -0.2) is 46.3 Å². The Morgan fingerprint density at radius 3 is 3.05 bits per heavy atom. The van der Waals surface area contributed by atoms with Gasteiger partial charge in [0, 0.05) is 13.1 Å². The molecule has 5 nitrogen and oxygen atoms in total. The van der Waals surface area contributed by atoms with E-state index in [0.717, 1.165) is 31.4 Å². The van der Waals surface area contributed by atoms with Gasteiger partial charge in [-0.1, -0.05) is 13.8 Å². The van der Waals surface area contributed by atoms with Crippen molar-refractivity contribution in [3.05, 3.63) is 12.2 Å². The summed E-state index contributed by atoms with van der Waals surface area (Å²) in [4.78, 5) is 6.77. The summed E-state index contributed by atoms with van der Waals surface area (Å²) in [5.74, 6) is 2.44. The van der Waals surface area contributed by atoms with Crippen molar-refractivity contribution in [2.75, 3.05) is 26.7 Å². The summed E-state index contributed by atoms with van der Waals surface area (Å²) in [6, 6.07) is 0. The molecule has 0 radical (unpaired) electrons. The quantitative estimate of drug-likeness (QED) is 0.844. The lowest BCUT2D eigenvalue weighted by molar-refractivity contribution is 0.205. The Kier molecular flexibility index (Phi) is 5.34. The van der Waals surface area contributed by atoms with E-state index in [2.05, 4.69) is 41.2 Å². The summed E-state index contributed by atoms with van der Waals surface area (Å²) < 4.78 is 2.02. The van der Waals surface area contributed by atoms with Gasteiger partial charge in [0.05, 0.1) is 6.54 Å². The maximum Gasteiger partial charge on any atom is 0.140 e. The van der Waals surface area contributed by atoms with E-state index < -0.39 is 0 Å². The number of hydrogen-bond donors (Lipinski definition) is 1. The molecule has 1 aliphatic rings. The highest BCUT2D eigenvalue weighted by Crippen LogP contribution is 2.14. The van der Waals surface area contributed by atoms with Gasteiger partial charge in [-0.3, -0.25) is 0 Å². The monoisotopic (exact) mass is 265 g/mol. The van der Waals surface area contributed by atoms with E-state index in [9.17, 15) is 0 Å². The number of nitrogens with zero attached hydrogens (tertiary/aromatic N) is 4. The van der Waals surface area contributed by atoms with Crippen LogP contribution < -0.4 is 5.32 Å². The van der Waals surface area contributed by atoms with Gasteiger partial charge in [-0.25, -0.2) is 9.67 Å². The van der Waals surface area contributed by atoms with Crippen molar-refractivity contribution in [1.82, 2.24) is 25.0 Å². The van der Waals surface area contributed by atoms with E-state index in [-0.39, 0.29) is 0 Å². The van der Waals surface area contributed by atoms with E-state index in [4.69, 9.17) is 0 Å². The molecular weight excluding hydrogens is 238 g/mol. The van der Waals surface area contributed by atoms with Gasteiger partial charge in [-0.2, -0.15) is 5.10 Å². The molecule has 1 aliphatic heterocycles. The van der Waals surface area contributed by atoms with Gasteiger partial charge >= 0.3 is 0 Å². The van der Waals surface area contributed by atoms with Crippen molar-refractivity contribution in [2.24, 2.45) is 11.8 Å². The molecule has 2 heterocycles. The first kappa shape index (κ1) is 14.5. The Morgan fingerprint density at radius 1 is 1.47 bits per heavy atom. The highest BCUT2D eigenvalue weighted by atomic mass is 15.3. The second kappa shape index (κ2) is 7.01. The Morgan fingerprint density at radius 2 is 2.32 bits per heavy atom. The highest BCUT2D eigenvalue weighted by Gasteiger charge is 2.16. The fraction of sp³-hybridized carbons (Fsp3) is 0.857. The normalized spacial score (nSPS) is 21.2. The van der Waals surface area contributed by atoms with Crippen molar-refractivity contribution in [3.8, 4) is 0 Å². The molecule has 0 bridgehead atoms. The van der Waals surface area contributed by atoms with Crippen LogP contribution in [0.25, 0.3) is 0 Å². The summed E-state index contributed by atoms with van der Waals surface area (Å²) >= 11 is 0. The molecule has 0 aromatic carbocycles. The van der Waals surface area contributed by atoms with Crippen molar-refractivity contribution >= 4 is 0 Å². The lowest BCUT2D eigenvalue weighted by atomic mass is 9.98. The summed E-state index contributed by atoms with van der Waals surface area (Å²) in [6.07, 6.45) is 4.33. The maximum atomic E-state index is 4.35. The average molecular weight is 265 g/mol. The molecule has 0 spiro atoms. The SMILES string of the molecule is CC(C)Cn1ncnc1CNCC1CCCN(C)C1. The minimum absolute atomic E-state index is 0.604. The minimum atomic E-state index is 0.604. The van der Waals surface area contributed by atoms with Crippen LogP contribution in [-0.2, 0) is 13.1 Å². The summed E-state index contributed by atoms with van der Waals surface area (Å²) in [5, 5.41) is 7.83. The van der Waals surface area contributed by atoms with Crippen LogP contribution in [0.15, 0.2) is 6.33 Å². The van der Waals surface area contributed by atoms with Gasteiger partial charge in [-0.15, -0.1) is 0 Å². The fourth-order valence-corrected chi connectivity index (χ4v) is 2.75. The maximum absolute atomic E-state index is 4.35. The number of nitrogens with one attached hydrogen (secondary N) is 1. The molecule has 5 heteroatoms. The van der Waals surface area contributed by atoms with E-state index >= 15 is 0 Å². The molecule has 1 fully saturated rings. The lowest BCUT2D eigenvalue weighted by Gasteiger charge is -2.29. The zero-order chi connectivity index (χ0) is 13.7. The van der Waals surface area contributed by atoms with Gasteiger partial charge < -0.3 is 10.2 Å². The highest BCUT2D eigenvalue weighted by molar-refractivity contribution is 4.84.